The van der Waals surface area contributed by atoms with Crippen molar-refractivity contribution in [3.8, 4) is 23.1 Å². The predicted molar refractivity (Wildman–Crippen MR) is 60.9 cm³/mol. The third-order valence-electron chi connectivity index (χ3n) is 2.29. The van der Waals surface area contributed by atoms with Crippen molar-refractivity contribution in [1.82, 2.24) is 4.98 Å². The molecule has 1 aromatic carbocycles. The molecule has 1 heterocycles. The monoisotopic (exact) mass is 210 g/mol. The van der Waals surface area contributed by atoms with Gasteiger partial charge >= 0.3 is 0 Å². The maximum absolute atomic E-state index is 9.01. The Morgan fingerprint density at radius 1 is 1.19 bits per heavy atom. The molecule has 0 atom stereocenters. The first-order valence-electron chi connectivity index (χ1n) is 4.85. The fraction of sp³-hybridized carbons (Fsp3) is 0.0769. The van der Waals surface area contributed by atoms with Crippen LogP contribution >= 0.6 is 0 Å². The zero-order valence-electron chi connectivity index (χ0n) is 8.84. The highest BCUT2D eigenvalue weighted by atomic mass is 16.5. The quantitative estimate of drug-likeness (QED) is 0.765. The number of pyridine rings is 1. The first kappa shape index (κ1) is 10.2. The van der Waals surface area contributed by atoms with Gasteiger partial charge in [0.1, 0.15) is 11.8 Å². The van der Waals surface area contributed by atoms with Crippen LogP contribution < -0.4 is 4.74 Å². The topological polar surface area (TPSA) is 45.9 Å². The lowest BCUT2D eigenvalue weighted by Crippen LogP contribution is -1.92. The van der Waals surface area contributed by atoms with Crippen molar-refractivity contribution < 1.29 is 4.74 Å². The molecule has 0 N–H and O–H groups in total. The molecule has 0 saturated carbocycles. The van der Waals surface area contributed by atoms with Gasteiger partial charge in [0, 0.05) is 11.8 Å². The molecule has 0 saturated heterocycles. The number of nitrogens with zero attached hydrogens (tertiary/aromatic N) is 2. The van der Waals surface area contributed by atoms with Crippen molar-refractivity contribution in [3.05, 3.63) is 48.2 Å². The number of nitriles is 1. The van der Waals surface area contributed by atoms with Gasteiger partial charge < -0.3 is 4.74 Å². The van der Waals surface area contributed by atoms with Gasteiger partial charge in [-0.3, -0.25) is 4.98 Å². The second-order valence-electron chi connectivity index (χ2n) is 3.21. The summed E-state index contributed by atoms with van der Waals surface area (Å²) in [5.41, 5.74) is 2.04. The molecule has 0 amide bonds. The summed E-state index contributed by atoms with van der Waals surface area (Å²) in [6.45, 7) is 0. The summed E-state index contributed by atoms with van der Waals surface area (Å²) in [6.07, 6.45) is 1.67. The third-order valence-corrected chi connectivity index (χ3v) is 2.29. The van der Waals surface area contributed by atoms with Gasteiger partial charge in [-0.05, 0) is 24.3 Å². The number of rotatable bonds is 2. The normalized spacial score (nSPS) is 9.50. The highest BCUT2D eigenvalue weighted by molar-refractivity contribution is 5.72. The van der Waals surface area contributed by atoms with E-state index in [0.29, 0.717) is 11.3 Å². The van der Waals surface area contributed by atoms with Crippen LogP contribution in [0.4, 0.5) is 0 Å². The first-order valence-corrected chi connectivity index (χ1v) is 4.85. The van der Waals surface area contributed by atoms with E-state index in [0.717, 1.165) is 11.3 Å². The van der Waals surface area contributed by atoms with Gasteiger partial charge in [0.25, 0.3) is 0 Å². The fourth-order valence-corrected chi connectivity index (χ4v) is 1.55. The lowest BCUT2D eigenvalue weighted by molar-refractivity contribution is 0.416. The standard InChI is InChI=1S/C13H10N2O/c1-16-12-7-3-2-6-11(12)13-10(9-14)5-4-8-15-13/h2-8H,1H3. The Morgan fingerprint density at radius 3 is 2.75 bits per heavy atom. The predicted octanol–water partition coefficient (Wildman–Crippen LogP) is 2.63. The van der Waals surface area contributed by atoms with Crippen LogP contribution in [0.5, 0.6) is 5.75 Å². The molecule has 3 nitrogen and oxygen atoms in total. The molecular formula is C13H10N2O. The average molecular weight is 210 g/mol. The fourth-order valence-electron chi connectivity index (χ4n) is 1.55. The Hall–Kier alpha value is -2.34. The van der Waals surface area contributed by atoms with Gasteiger partial charge in [0.2, 0.25) is 0 Å². The van der Waals surface area contributed by atoms with Crippen molar-refractivity contribution in [2.24, 2.45) is 0 Å². The van der Waals surface area contributed by atoms with Gasteiger partial charge in [0.05, 0.1) is 18.4 Å². The second kappa shape index (κ2) is 4.45. The van der Waals surface area contributed by atoms with Crippen LogP contribution in [0.2, 0.25) is 0 Å². The van der Waals surface area contributed by atoms with Crippen molar-refractivity contribution in [1.29, 1.82) is 5.26 Å². The zero-order chi connectivity index (χ0) is 11.4. The molecule has 78 valence electrons. The Bertz CT molecular complexity index is 544. The second-order valence-corrected chi connectivity index (χ2v) is 3.21. The lowest BCUT2D eigenvalue weighted by Gasteiger charge is -2.08. The number of methoxy groups -OCH3 is 1. The molecule has 3 heteroatoms. The number of benzene rings is 1. The number of hydrogen-bond donors (Lipinski definition) is 0. The summed E-state index contributed by atoms with van der Waals surface area (Å²) in [5.74, 6) is 0.720. The first-order chi connectivity index (χ1) is 7.86. The van der Waals surface area contributed by atoms with Crippen LogP contribution in [-0.4, -0.2) is 12.1 Å². The van der Waals surface area contributed by atoms with E-state index < -0.39 is 0 Å². The molecule has 0 aliphatic rings. The molecule has 2 rings (SSSR count). The maximum Gasteiger partial charge on any atom is 0.128 e. The molecule has 0 spiro atoms. The number of hydrogen-bond acceptors (Lipinski definition) is 3. The molecule has 0 bridgehead atoms. The maximum atomic E-state index is 9.01. The van der Waals surface area contributed by atoms with Crippen LogP contribution in [-0.2, 0) is 0 Å². The van der Waals surface area contributed by atoms with Gasteiger partial charge in [-0.1, -0.05) is 12.1 Å². The molecule has 0 unspecified atom stereocenters. The molecule has 16 heavy (non-hydrogen) atoms. The average Bonchev–Trinajstić information content (AvgIpc) is 2.38. The summed E-state index contributed by atoms with van der Waals surface area (Å²) in [5, 5.41) is 9.01. The van der Waals surface area contributed by atoms with Crippen molar-refractivity contribution in [2.75, 3.05) is 7.11 Å². The van der Waals surface area contributed by atoms with Crippen molar-refractivity contribution in [2.45, 2.75) is 0 Å². The summed E-state index contributed by atoms with van der Waals surface area (Å²) in [4.78, 5) is 4.23. The lowest BCUT2D eigenvalue weighted by atomic mass is 10.1. The van der Waals surface area contributed by atoms with Crippen LogP contribution in [0.15, 0.2) is 42.6 Å². The van der Waals surface area contributed by atoms with Gasteiger partial charge in [0.15, 0.2) is 0 Å². The van der Waals surface area contributed by atoms with Gasteiger partial charge in [-0.2, -0.15) is 5.26 Å². The highest BCUT2D eigenvalue weighted by Crippen LogP contribution is 2.29. The Labute approximate surface area is 93.9 Å². The van der Waals surface area contributed by atoms with E-state index in [1.165, 1.54) is 0 Å². The Balaban J connectivity index is 2.64. The van der Waals surface area contributed by atoms with E-state index in [4.69, 9.17) is 10.00 Å². The SMILES string of the molecule is COc1ccccc1-c1ncccc1C#N. The summed E-state index contributed by atoms with van der Waals surface area (Å²) in [7, 11) is 1.60. The minimum absolute atomic E-state index is 0.548. The molecule has 0 aliphatic carbocycles. The highest BCUT2D eigenvalue weighted by Gasteiger charge is 2.09. The molecule has 2 aromatic rings. The van der Waals surface area contributed by atoms with Gasteiger partial charge in [-0.15, -0.1) is 0 Å². The van der Waals surface area contributed by atoms with Crippen LogP contribution in [0.1, 0.15) is 5.56 Å². The summed E-state index contributed by atoms with van der Waals surface area (Å²) < 4.78 is 5.25. The largest absolute Gasteiger partial charge is 0.496 e. The van der Waals surface area contributed by atoms with Crippen LogP contribution in [0.3, 0.4) is 0 Å². The van der Waals surface area contributed by atoms with Crippen molar-refractivity contribution >= 4 is 0 Å². The number of aromatic nitrogens is 1. The zero-order valence-corrected chi connectivity index (χ0v) is 8.84. The number of para-hydroxylation sites is 1. The summed E-state index contributed by atoms with van der Waals surface area (Å²) >= 11 is 0. The van der Waals surface area contributed by atoms with Crippen LogP contribution in [0.25, 0.3) is 11.3 Å². The van der Waals surface area contributed by atoms with E-state index in [1.807, 2.05) is 24.3 Å². The van der Waals surface area contributed by atoms with E-state index in [-0.39, 0.29) is 0 Å². The van der Waals surface area contributed by atoms with E-state index in [9.17, 15) is 0 Å². The molecule has 0 fully saturated rings. The molecule has 1 aromatic heterocycles. The van der Waals surface area contributed by atoms with E-state index in [1.54, 1.807) is 25.4 Å². The van der Waals surface area contributed by atoms with Crippen molar-refractivity contribution in [3.63, 3.8) is 0 Å². The minimum atomic E-state index is 0.548. The molecule has 0 radical (unpaired) electrons. The Morgan fingerprint density at radius 2 is 2.00 bits per heavy atom. The van der Waals surface area contributed by atoms with E-state index in [2.05, 4.69) is 11.1 Å². The third kappa shape index (κ3) is 1.73. The molecule has 0 aliphatic heterocycles. The Kier molecular flexibility index (Phi) is 2.84. The van der Waals surface area contributed by atoms with Crippen LogP contribution in [0, 0.1) is 11.3 Å². The molecular weight excluding hydrogens is 200 g/mol. The van der Waals surface area contributed by atoms with Gasteiger partial charge in [-0.25, -0.2) is 0 Å². The minimum Gasteiger partial charge on any atom is -0.496 e. The summed E-state index contributed by atoms with van der Waals surface area (Å²) in [6, 6.07) is 13.1. The smallest absolute Gasteiger partial charge is 0.128 e. The number of ether oxygens (including phenoxy) is 1. The van der Waals surface area contributed by atoms with E-state index >= 15 is 0 Å².